The number of imide groups is 1. The first-order chi connectivity index (χ1) is 28.1. The smallest absolute Gasteiger partial charge is 0.420 e. The van der Waals surface area contributed by atoms with E-state index >= 15 is 0 Å². The van der Waals surface area contributed by atoms with Crippen molar-refractivity contribution in [1.82, 2.24) is 24.6 Å². The topological polar surface area (TPSA) is 181 Å². The highest BCUT2D eigenvalue weighted by molar-refractivity contribution is 6.00. The first kappa shape index (κ1) is 45.9. The van der Waals surface area contributed by atoms with E-state index < -0.39 is 76.8 Å². The monoisotopic (exact) mass is 864 g/mol. The molecule has 0 aliphatic heterocycles. The minimum Gasteiger partial charge on any atom is -0.465 e. The van der Waals surface area contributed by atoms with Gasteiger partial charge in [-0.1, -0.05) is 6.92 Å². The number of urea groups is 1. The molecule has 15 nitrogen and oxygen atoms in total. The van der Waals surface area contributed by atoms with Crippen LogP contribution in [0.1, 0.15) is 90.8 Å². The van der Waals surface area contributed by atoms with Crippen LogP contribution in [0, 0.1) is 0 Å². The first-order valence-electron chi connectivity index (χ1n) is 19.1. The molecule has 2 aromatic heterocycles. The Bertz CT molecular complexity index is 2280. The van der Waals surface area contributed by atoms with Crippen LogP contribution in [0.25, 0.3) is 22.2 Å². The molecule has 0 radical (unpaired) electrons. The third-order valence-electron chi connectivity index (χ3n) is 9.45. The van der Waals surface area contributed by atoms with Crippen LogP contribution in [-0.2, 0) is 35.3 Å². The maximum absolute atomic E-state index is 13.6. The largest absolute Gasteiger partial charge is 0.465 e. The van der Waals surface area contributed by atoms with E-state index in [1.807, 2.05) is 12.2 Å². The molecule has 1 aliphatic rings. The number of anilines is 3. The van der Waals surface area contributed by atoms with E-state index in [0.29, 0.717) is 34.1 Å². The van der Waals surface area contributed by atoms with Gasteiger partial charge in [-0.15, -0.1) is 0 Å². The SMILES string of the molecule is CCc1cc(-c2cc(NC(=O)Nc3cc(C(F)(F)F)ccc3C(F)(F)F)nn2C)cc2cnc(N(C(=O)O)[C@H]3CC[C@H](N(C(=O)OC(C)(C)C)C(=O)OC(C)(C)C)CC3)nc12. The van der Waals surface area contributed by atoms with Gasteiger partial charge in [-0.3, -0.25) is 10.00 Å². The molecule has 330 valence electrons. The van der Waals surface area contributed by atoms with Crippen molar-refractivity contribution >= 4 is 52.7 Å². The summed E-state index contributed by atoms with van der Waals surface area (Å²) in [5.41, 5.74) is -3.68. The Balaban J connectivity index is 1.36. The van der Waals surface area contributed by atoms with Gasteiger partial charge in [0.2, 0.25) is 5.95 Å². The highest BCUT2D eigenvalue weighted by Crippen LogP contribution is 2.39. The number of amides is 5. The quantitative estimate of drug-likeness (QED) is 0.151. The predicted octanol–water partition coefficient (Wildman–Crippen LogP) is 10.2. The Morgan fingerprint density at radius 2 is 1.43 bits per heavy atom. The molecule has 0 bridgehead atoms. The molecule has 0 saturated heterocycles. The Labute approximate surface area is 346 Å². The predicted molar refractivity (Wildman–Crippen MR) is 211 cm³/mol. The maximum Gasteiger partial charge on any atom is 0.420 e. The molecule has 2 heterocycles. The Morgan fingerprint density at radius 3 is 1.95 bits per heavy atom. The van der Waals surface area contributed by atoms with Crippen molar-refractivity contribution < 1.29 is 60.1 Å². The van der Waals surface area contributed by atoms with Crippen LogP contribution in [0.3, 0.4) is 0 Å². The lowest BCUT2D eigenvalue weighted by atomic mass is 9.89. The summed E-state index contributed by atoms with van der Waals surface area (Å²) in [7, 11) is 1.53. The molecule has 2 aromatic carbocycles. The lowest BCUT2D eigenvalue weighted by Gasteiger charge is -2.38. The van der Waals surface area contributed by atoms with E-state index in [2.05, 4.69) is 20.4 Å². The van der Waals surface area contributed by atoms with E-state index in [4.69, 9.17) is 9.47 Å². The minimum absolute atomic E-state index is 0.0884. The molecule has 4 aromatic rings. The van der Waals surface area contributed by atoms with Gasteiger partial charge < -0.3 is 19.9 Å². The summed E-state index contributed by atoms with van der Waals surface area (Å²) in [6.45, 7) is 11.9. The fraction of sp³-hybridized carbons (Fsp3) is 0.475. The van der Waals surface area contributed by atoms with Crippen molar-refractivity contribution in [1.29, 1.82) is 0 Å². The number of carbonyl (C=O) groups excluding carboxylic acids is 3. The van der Waals surface area contributed by atoms with E-state index in [1.54, 1.807) is 53.7 Å². The second kappa shape index (κ2) is 17.1. The van der Waals surface area contributed by atoms with Crippen molar-refractivity contribution in [2.45, 2.75) is 116 Å². The van der Waals surface area contributed by atoms with Crippen LogP contribution < -0.4 is 15.5 Å². The third-order valence-corrected chi connectivity index (χ3v) is 9.45. The number of ether oxygens (including phenoxy) is 2. The molecule has 0 spiro atoms. The highest BCUT2D eigenvalue weighted by atomic mass is 19.4. The number of halogens is 6. The minimum atomic E-state index is -5.06. The van der Waals surface area contributed by atoms with E-state index in [9.17, 15) is 50.6 Å². The summed E-state index contributed by atoms with van der Waals surface area (Å²) in [5, 5.41) is 19.2. The van der Waals surface area contributed by atoms with Crippen molar-refractivity contribution in [3.8, 4) is 11.3 Å². The number of rotatable bonds is 7. The third kappa shape index (κ3) is 11.2. The number of hydrogen-bond donors (Lipinski definition) is 3. The van der Waals surface area contributed by atoms with Crippen molar-refractivity contribution in [2.75, 3.05) is 15.5 Å². The average Bonchev–Trinajstić information content (AvgIpc) is 3.48. The number of nitrogens with zero attached hydrogens (tertiary/aromatic N) is 6. The standard InChI is InChI=1S/C40H46F6N8O7/c1-9-21-16-22(29-19-30(51-52(29)8)49-33(55)48-28-18-24(39(41,42)43)10-15-27(28)40(44,45)46)17-23-20-47-32(50-31(21)23)53(34(56)57)25-11-13-26(14-12-25)54(35(58)60-37(2,3)4)36(59)61-38(5,6)7/h10,15-20,25-26H,9,11-14H2,1-8H3,(H,56,57)(H2,48,49,51,55)/t25-,26-. The van der Waals surface area contributed by atoms with Gasteiger partial charge in [0.15, 0.2) is 5.82 Å². The normalized spacial score (nSPS) is 16.2. The molecule has 5 rings (SSSR count). The van der Waals surface area contributed by atoms with Gasteiger partial charge >= 0.3 is 36.7 Å². The van der Waals surface area contributed by atoms with Crippen LogP contribution >= 0.6 is 0 Å². The van der Waals surface area contributed by atoms with Crippen molar-refractivity contribution in [3.05, 3.63) is 59.3 Å². The van der Waals surface area contributed by atoms with E-state index in [-0.39, 0.29) is 55.6 Å². The lowest BCUT2D eigenvalue weighted by Crippen LogP contribution is -2.52. The molecule has 0 atom stereocenters. The number of alkyl halides is 6. The van der Waals surface area contributed by atoms with Gasteiger partial charge in [-0.05, 0) is 110 Å². The van der Waals surface area contributed by atoms with Crippen LogP contribution in [0.2, 0.25) is 0 Å². The zero-order chi connectivity index (χ0) is 45.4. The zero-order valence-electron chi connectivity index (χ0n) is 34.6. The Morgan fingerprint density at radius 1 is 0.836 bits per heavy atom. The van der Waals surface area contributed by atoms with Gasteiger partial charge in [0.25, 0.3) is 0 Å². The summed E-state index contributed by atoms with van der Waals surface area (Å²) < 4.78 is 92.9. The maximum atomic E-state index is 13.6. The van der Waals surface area contributed by atoms with Gasteiger partial charge in [0.05, 0.1) is 28.0 Å². The number of nitrogens with one attached hydrogen (secondary N) is 2. The molecule has 3 N–H and O–H groups in total. The number of carbonyl (C=O) groups is 4. The number of aromatic nitrogens is 4. The molecule has 0 unspecified atom stereocenters. The lowest BCUT2D eigenvalue weighted by molar-refractivity contribution is -0.140. The zero-order valence-corrected chi connectivity index (χ0v) is 34.6. The molecular formula is C40H46F6N8O7. The van der Waals surface area contributed by atoms with Crippen LogP contribution in [0.4, 0.5) is 63.0 Å². The summed E-state index contributed by atoms with van der Waals surface area (Å²) in [4.78, 5) is 63.0. The molecule has 21 heteroatoms. The number of fused-ring (bicyclic) bond motifs is 1. The second-order valence-corrected chi connectivity index (χ2v) is 16.4. The Hall–Kier alpha value is -6.15. The van der Waals surface area contributed by atoms with Gasteiger partial charge in [0.1, 0.15) is 11.2 Å². The first-order valence-corrected chi connectivity index (χ1v) is 19.1. The van der Waals surface area contributed by atoms with Crippen LogP contribution in [0.5, 0.6) is 0 Å². The number of carboxylic acid groups (broad SMARTS) is 1. The molecule has 5 amide bonds. The molecule has 1 aliphatic carbocycles. The molecule has 61 heavy (non-hydrogen) atoms. The van der Waals surface area contributed by atoms with E-state index in [1.165, 1.54) is 24.0 Å². The molecular weight excluding hydrogens is 818 g/mol. The molecule has 1 saturated carbocycles. The summed E-state index contributed by atoms with van der Waals surface area (Å²) in [6.07, 6.45) is -10.2. The van der Waals surface area contributed by atoms with Gasteiger partial charge in [0, 0.05) is 42.3 Å². The van der Waals surface area contributed by atoms with Crippen LogP contribution in [0.15, 0.2) is 42.6 Å². The number of aryl methyl sites for hydroxylation is 2. The average molecular weight is 865 g/mol. The van der Waals surface area contributed by atoms with Crippen LogP contribution in [-0.4, -0.2) is 77.4 Å². The second-order valence-electron chi connectivity index (χ2n) is 16.4. The van der Waals surface area contributed by atoms with Crippen molar-refractivity contribution in [3.63, 3.8) is 0 Å². The summed E-state index contributed by atoms with van der Waals surface area (Å²) in [6, 6.07) is 3.03. The van der Waals surface area contributed by atoms with E-state index in [0.717, 1.165) is 9.80 Å². The summed E-state index contributed by atoms with van der Waals surface area (Å²) in [5.74, 6) is -0.220. The number of benzene rings is 2. The van der Waals surface area contributed by atoms with Crippen molar-refractivity contribution in [2.24, 2.45) is 7.05 Å². The van der Waals surface area contributed by atoms with Gasteiger partial charge in [-0.2, -0.15) is 31.4 Å². The highest BCUT2D eigenvalue weighted by Gasteiger charge is 2.41. The fourth-order valence-electron chi connectivity index (χ4n) is 6.86. The number of hydrogen-bond acceptors (Lipinski definition) is 9. The summed E-state index contributed by atoms with van der Waals surface area (Å²) >= 11 is 0. The van der Waals surface area contributed by atoms with Gasteiger partial charge in [-0.25, -0.2) is 38.9 Å². The fourth-order valence-corrected chi connectivity index (χ4v) is 6.86. The Kier molecular flexibility index (Phi) is 12.9. The molecule has 1 fully saturated rings.